The van der Waals surface area contributed by atoms with Crippen molar-refractivity contribution in [2.75, 3.05) is 5.75 Å². The van der Waals surface area contributed by atoms with E-state index in [2.05, 4.69) is 0 Å². The van der Waals surface area contributed by atoms with Crippen LogP contribution in [0.3, 0.4) is 0 Å². The summed E-state index contributed by atoms with van der Waals surface area (Å²) in [5.41, 5.74) is 2.19. The molecule has 1 unspecified atom stereocenters. The van der Waals surface area contributed by atoms with Crippen molar-refractivity contribution in [3.05, 3.63) is 59.2 Å². The van der Waals surface area contributed by atoms with Crippen LogP contribution < -0.4 is 4.74 Å². The van der Waals surface area contributed by atoms with E-state index in [9.17, 15) is 13.8 Å². The zero-order valence-corrected chi connectivity index (χ0v) is 14.4. The quantitative estimate of drug-likeness (QED) is 0.749. The lowest BCUT2D eigenvalue weighted by Crippen LogP contribution is -2.11. The summed E-state index contributed by atoms with van der Waals surface area (Å²) in [6, 6.07) is 12.1. The third-order valence-corrected chi connectivity index (χ3v) is 4.50. The Kier molecular flexibility index (Phi) is 6.30. The minimum absolute atomic E-state index is 0.0676. The first-order valence-corrected chi connectivity index (χ1v) is 8.97. The second-order valence-corrected chi connectivity index (χ2v) is 7.01. The van der Waals surface area contributed by atoms with Gasteiger partial charge in [-0.2, -0.15) is 0 Å². The first-order chi connectivity index (χ1) is 11.8. The smallest absolute Gasteiger partial charge is 0.316 e. The number of carbonyl (C=O) groups is 2. The van der Waals surface area contributed by atoms with Crippen molar-refractivity contribution in [3.63, 3.8) is 0 Å². The summed E-state index contributed by atoms with van der Waals surface area (Å²) in [5, 5.41) is 17.6. The first-order valence-electron chi connectivity index (χ1n) is 7.48. The molecule has 2 N–H and O–H groups in total. The molecule has 0 saturated heterocycles. The maximum atomic E-state index is 11.9. The molecule has 0 aliphatic heterocycles. The van der Waals surface area contributed by atoms with Crippen molar-refractivity contribution in [1.82, 2.24) is 0 Å². The van der Waals surface area contributed by atoms with E-state index in [-0.39, 0.29) is 12.2 Å². The molecule has 0 heterocycles. The number of benzene rings is 2. The lowest BCUT2D eigenvalue weighted by atomic mass is 10.1. The molecule has 0 bridgehead atoms. The standard InChI is InChI=1S/C18H18O6S/c1-12-5-6-16(14(7-12)10-25(23)11-18(21)22)24-15-4-2-3-13(8-15)9-17(19)20/h2-8H,9-11H2,1H3,(H,19,20)(H,21,22). The predicted octanol–water partition coefficient (Wildman–Crippen LogP) is 2.75. The molecule has 0 amide bonds. The first kappa shape index (κ1) is 18.7. The van der Waals surface area contributed by atoms with Crippen LogP contribution in [-0.4, -0.2) is 32.1 Å². The van der Waals surface area contributed by atoms with E-state index in [1.165, 1.54) is 0 Å². The van der Waals surface area contributed by atoms with Gasteiger partial charge >= 0.3 is 11.9 Å². The summed E-state index contributed by atoms with van der Waals surface area (Å²) in [4.78, 5) is 21.5. The maximum Gasteiger partial charge on any atom is 0.316 e. The van der Waals surface area contributed by atoms with E-state index >= 15 is 0 Å². The van der Waals surface area contributed by atoms with Crippen LogP contribution in [0.2, 0.25) is 0 Å². The Morgan fingerprint density at radius 3 is 2.52 bits per heavy atom. The molecule has 0 aliphatic rings. The molecule has 0 spiro atoms. The molecule has 0 aliphatic carbocycles. The fourth-order valence-corrected chi connectivity index (χ4v) is 3.25. The number of aliphatic carboxylic acids is 2. The monoisotopic (exact) mass is 362 g/mol. The van der Waals surface area contributed by atoms with Crippen LogP contribution in [0.15, 0.2) is 42.5 Å². The lowest BCUT2D eigenvalue weighted by Gasteiger charge is -2.12. The molecule has 2 aromatic carbocycles. The fourth-order valence-electron chi connectivity index (χ4n) is 2.30. The van der Waals surface area contributed by atoms with Gasteiger partial charge in [-0.1, -0.05) is 29.8 Å². The average Bonchev–Trinajstić information content (AvgIpc) is 2.49. The van der Waals surface area contributed by atoms with E-state index in [1.807, 2.05) is 13.0 Å². The molecule has 25 heavy (non-hydrogen) atoms. The van der Waals surface area contributed by atoms with Gasteiger partial charge in [0.2, 0.25) is 0 Å². The van der Waals surface area contributed by atoms with Crippen LogP contribution in [-0.2, 0) is 32.6 Å². The number of rotatable bonds is 8. The van der Waals surface area contributed by atoms with E-state index in [4.69, 9.17) is 14.9 Å². The largest absolute Gasteiger partial charge is 0.481 e. The maximum absolute atomic E-state index is 11.9. The topological polar surface area (TPSA) is 101 Å². The molecule has 132 valence electrons. The van der Waals surface area contributed by atoms with Crippen molar-refractivity contribution >= 4 is 22.7 Å². The van der Waals surface area contributed by atoms with Crippen molar-refractivity contribution in [2.45, 2.75) is 19.1 Å². The van der Waals surface area contributed by atoms with Gasteiger partial charge in [-0.3, -0.25) is 13.8 Å². The van der Waals surface area contributed by atoms with Gasteiger partial charge in [0.25, 0.3) is 0 Å². The number of carboxylic acids is 2. The van der Waals surface area contributed by atoms with Gasteiger partial charge in [-0.25, -0.2) is 0 Å². The molecular weight excluding hydrogens is 344 g/mol. The Labute approximate surface area is 147 Å². The molecule has 7 heteroatoms. The number of hydrogen-bond acceptors (Lipinski definition) is 4. The number of ether oxygens (including phenoxy) is 1. The zero-order valence-electron chi connectivity index (χ0n) is 13.6. The van der Waals surface area contributed by atoms with E-state index in [1.54, 1.807) is 36.4 Å². The van der Waals surface area contributed by atoms with Gasteiger partial charge in [0, 0.05) is 16.4 Å². The molecule has 1 atom stereocenters. The van der Waals surface area contributed by atoms with Crippen molar-refractivity contribution in [1.29, 1.82) is 0 Å². The average molecular weight is 362 g/mol. The second kappa shape index (κ2) is 8.43. The van der Waals surface area contributed by atoms with Gasteiger partial charge in [0.05, 0.1) is 12.2 Å². The van der Waals surface area contributed by atoms with Crippen LogP contribution in [0.1, 0.15) is 16.7 Å². The van der Waals surface area contributed by atoms with Gasteiger partial charge in [-0.05, 0) is 30.7 Å². The van der Waals surface area contributed by atoms with Crippen LogP contribution in [0.5, 0.6) is 11.5 Å². The zero-order chi connectivity index (χ0) is 18.4. The van der Waals surface area contributed by atoms with Crippen molar-refractivity contribution < 1.29 is 28.7 Å². The predicted molar refractivity (Wildman–Crippen MR) is 93.4 cm³/mol. The lowest BCUT2D eigenvalue weighted by molar-refractivity contribution is -0.136. The minimum atomic E-state index is -1.55. The summed E-state index contributed by atoms with van der Waals surface area (Å²) in [7, 11) is -1.55. The van der Waals surface area contributed by atoms with Crippen LogP contribution in [0, 0.1) is 6.92 Å². The molecule has 0 fully saturated rings. The SMILES string of the molecule is Cc1ccc(Oc2cccc(CC(=O)O)c2)c(CS(=O)CC(=O)O)c1. The number of hydrogen-bond donors (Lipinski definition) is 2. The van der Waals surface area contributed by atoms with Gasteiger partial charge in [0.1, 0.15) is 17.3 Å². The van der Waals surface area contributed by atoms with Gasteiger partial charge < -0.3 is 14.9 Å². The third-order valence-electron chi connectivity index (χ3n) is 3.30. The van der Waals surface area contributed by atoms with E-state index in [0.717, 1.165) is 5.56 Å². The van der Waals surface area contributed by atoms with Crippen LogP contribution in [0.25, 0.3) is 0 Å². The second-order valence-electron chi connectivity index (χ2n) is 5.55. The highest BCUT2D eigenvalue weighted by Gasteiger charge is 2.12. The highest BCUT2D eigenvalue weighted by molar-refractivity contribution is 7.84. The summed E-state index contributed by atoms with van der Waals surface area (Å²) in [6.07, 6.45) is -0.111. The van der Waals surface area contributed by atoms with Crippen molar-refractivity contribution in [3.8, 4) is 11.5 Å². The molecule has 0 aromatic heterocycles. The van der Waals surface area contributed by atoms with Gasteiger partial charge in [0.15, 0.2) is 0 Å². The summed E-state index contributed by atoms with van der Waals surface area (Å²) < 4.78 is 17.7. The Morgan fingerprint density at radius 1 is 1.08 bits per heavy atom. The molecular formula is C18H18O6S. The summed E-state index contributed by atoms with van der Waals surface area (Å²) in [5.74, 6) is -1.48. The Hall–Kier alpha value is -2.67. The normalized spacial score (nSPS) is 11.7. The number of aryl methyl sites for hydroxylation is 1. The van der Waals surface area contributed by atoms with Crippen molar-refractivity contribution in [2.24, 2.45) is 0 Å². The van der Waals surface area contributed by atoms with E-state index < -0.39 is 28.5 Å². The Morgan fingerprint density at radius 2 is 1.84 bits per heavy atom. The molecule has 6 nitrogen and oxygen atoms in total. The molecule has 2 rings (SSSR count). The van der Waals surface area contributed by atoms with Crippen LogP contribution in [0.4, 0.5) is 0 Å². The molecule has 0 saturated carbocycles. The summed E-state index contributed by atoms with van der Waals surface area (Å²) >= 11 is 0. The Bertz CT molecular complexity index is 815. The minimum Gasteiger partial charge on any atom is -0.481 e. The highest BCUT2D eigenvalue weighted by atomic mass is 32.2. The third kappa shape index (κ3) is 6.04. The highest BCUT2D eigenvalue weighted by Crippen LogP contribution is 2.28. The molecule has 2 aromatic rings. The number of carboxylic acid groups (broad SMARTS) is 2. The molecule has 0 radical (unpaired) electrons. The summed E-state index contributed by atoms with van der Waals surface area (Å²) in [6.45, 7) is 1.88. The van der Waals surface area contributed by atoms with Gasteiger partial charge in [-0.15, -0.1) is 0 Å². The fraction of sp³-hybridized carbons (Fsp3) is 0.222. The van der Waals surface area contributed by atoms with E-state index in [0.29, 0.717) is 22.6 Å². The van der Waals surface area contributed by atoms with Crippen LogP contribution >= 0.6 is 0 Å². The Balaban J connectivity index is 2.23.